The van der Waals surface area contributed by atoms with Crippen LogP contribution in [0, 0.1) is 11.8 Å². The molecule has 0 aliphatic carbocycles. The number of rotatable bonds is 5. The Morgan fingerprint density at radius 3 is 3.05 bits per heavy atom. The molecule has 0 spiro atoms. The summed E-state index contributed by atoms with van der Waals surface area (Å²) < 4.78 is 16.3. The van der Waals surface area contributed by atoms with E-state index in [-0.39, 0.29) is 0 Å². The Labute approximate surface area is 130 Å². The average molecular weight is 305 g/mol. The molecule has 3 heterocycles. The van der Waals surface area contributed by atoms with Gasteiger partial charge >= 0.3 is 0 Å². The number of benzene rings is 1. The zero-order valence-electron chi connectivity index (χ0n) is 12.6. The van der Waals surface area contributed by atoms with Crippen LogP contribution in [0.4, 0.5) is 0 Å². The molecule has 1 aromatic rings. The van der Waals surface area contributed by atoms with Gasteiger partial charge < -0.3 is 19.5 Å². The molecule has 6 heteroatoms. The minimum absolute atomic E-state index is 0.293. The molecule has 6 nitrogen and oxygen atoms in total. The van der Waals surface area contributed by atoms with Crippen LogP contribution >= 0.6 is 0 Å². The van der Waals surface area contributed by atoms with E-state index >= 15 is 0 Å². The molecular formula is C16H23N3O3. The van der Waals surface area contributed by atoms with E-state index in [1.807, 2.05) is 6.07 Å². The highest BCUT2D eigenvalue weighted by atomic mass is 16.7. The van der Waals surface area contributed by atoms with Crippen molar-refractivity contribution in [3.05, 3.63) is 23.8 Å². The monoisotopic (exact) mass is 305 g/mol. The van der Waals surface area contributed by atoms with Crippen LogP contribution in [0.1, 0.15) is 18.0 Å². The van der Waals surface area contributed by atoms with Gasteiger partial charge in [0.25, 0.3) is 0 Å². The Bertz CT molecular complexity index is 519. The SMILES string of the molecule is c1cc2c(cc1C1NNCC1CNCC1CCOC1)OCO2. The Morgan fingerprint density at radius 2 is 2.14 bits per heavy atom. The van der Waals surface area contributed by atoms with Crippen LogP contribution in [0.25, 0.3) is 0 Å². The minimum Gasteiger partial charge on any atom is -0.454 e. The predicted octanol–water partition coefficient (Wildman–Crippen LogP) is 0.807. The first-order valence-electron chi connectivity index (χ1n) is 8.06. The summed E-state index contributed by atoms with van der Waals surface area (Å²) in [6.45, 7) is 5.15. The lowest BCUT2D eigenvalue weighted by molar-refractivity contribution is 0.174. The summed E-state index contributed by atoms with van der Waals surface area (Å²) in [5, 5.41) is 3.61. The summed E-state index contributed by atoms with van der Waals surface area (Å²) in [5.41, 5.74) is 7.90. The van der Waals surface area contributed by atoms with Gasteiger partial charge in [-0.3, -0.25) is 5.43 Å². The van der Waals surface area contributed by atoms with Gasteiger partial charge in [-0.15, -0.1) is 0 Å². The van der Waals surface area contributed by atoms with Crippen molar-refractivity contribution in [2.45, 2.75) is 12.5 Å². The number of hydrogen-bond donors (Lipinski definition) is 3. The van der Waals surface area contributed by atoms with Gasteiger partial charge in [0.2, 0.25) is 6.79 Å². The van der Waals surface area contributed by atoms with Crippen molar-refractivity contribution in [1.29, 1.82) is 0 Å². The summed E-state index contributed by atoms with van der Waals surface area (Å²) in [4.78, 5) is 0. The summed E-state index contributed by atoms with van der Waals surface area (Å²) in [7, 11) is 0. The molecule has 0 bridgehead atoms. The molecule has 3 N–H and O–H groups in total. The van der Waals surface area contributed by atoms with Gasteiger partial charge in [0.15, 0.2) is 11.5 Å². The Morgan fingerprint density at radius 1 is 1.18 bits per heavy atom. The lowest BCUT2D eigenvalue weighted by Gasteiger charge is -2.20. The smallest absolute Gasteiger partial charge is 0.231 e. The van der Waals surface area contributed by atoms with Crippen molar-refractivity contribution in [2.24, 2.45) is 11.8 Å². The van der Waals surface area contributed by atoms with Crippen LogP contribution in [0.5, 0.6) is 11.5 Å². The fourth-order valence-corrected chi connectivity index (χ4v) is 3.40. The molecule has 0 amide bonds. The largest absolute Gasteiger partial charge is 0.454 e. The molecule has 0 radical (unpaired) electrons. The van der Waals surface area contributed by atoms with E-state index < -0.39 is 0 Å². The third-order valence-corrected chi connectivity index (χ3v) is 4.71. The zero-order valence-corrected chi connectivity index (χ0v) is 12.6. The van der Waals surface area contributed by atoms with E-state index in [9.17, 15) is 0 Å². The molecule has 3 unspecified atom stereocenters. The first-order chi connectivity index (χ1) is 10.9. The predicted molar refractivity (Wildman–Crippen MR) is 81.7 cm³/mol. The second-order valence-electron chi connectivity index (χ2n) is 6.26. The van der Waals surface area contributed by atoms with Crippen LogP contribution in [0.15, 0.2) is 18.2 Å². The van der Waals surface area contributed by atoms with Gasteiger partial charge in [-0.2, -0.15) is 0 Å². The van der Waals surface area contributed by atoms with E-state index in [2.05, 4.69) is 28.3 Å². The zero-order chi connectivity index (χ0) is 14.8. The van der Waals surface area contributed by atoms with Crippen LogP contribution in [0.2, 0.25) is 0 Å². The third kappa shape index (κ3) is 2.92. The van der Waals surface area contributed by atoms with Gasteiger partial charge in [-0.1, -0.05) is 6.07 Å². The highest BCUT2D eigenvalue weighted by Gasteiger charge is 2.29. The first-order valence-corrected chi connectivity index (χ1v) is 8.06. The summed E-state index contributed by atoms with van der Waals surface area (Å²) in [5.74, 6) is 2.88. The molecule has 0 aromatic heterocycles. The second kappa shape index (κ2) is 6.42. The Hall–Kier alpha value is -1.34. The van der Waals surface area contributed by atoms with Gasteiger partial charge in [0.1, 0.15) is 0 Å². The average Bonchev–Trinajstić information content (AvgIpc) is 3.28. The molecule has 2 fully saturated rings. The Kier molecular flexibility index (Phi) is 4.16. The lowest BCUT2D eigenvalue weighted by Crippen LogP contribution is -2.32. The van der Waals surface area contributed by atoms with Crippen molar-refractivity contribution in [2.75, 3.05) is 39.6 Å². The fourth-order valence-electron chi connectivity index (χ4n) is 3.40. The molecule has 0 saturated carbocycles. The first kappa shape index (κ1) is 14.3. The molecule has 2 saturated heterocycles. The van der Waals surface area contributed by atoms with Crippen LogP contribution < -0.4 is 25.6 Å². The van der Waals surface area contributed by atoms with Crippen LogP contribution in [-0.2, 0) is 4.74 Å². The van der Waals surface area contributed by atoms with Crippen molar-refractivity contribution in [1.82, 2.24) is 16.2 Å². The topological polar surface area (TPSA) is 63.8 Å². The normalized spacial score (nSPS) is 30.1. The molecule has 120 valence electrons. The molecule has 4 rings (SSSR count). The third-order valence-electron chi connectivity index (χ3n) is 4.71. The standard InChI is InChI=1S/C16H23N3O3/c1-2-14-15(22-10-21-14)5-12(1)16-13(8-18-19-16)7-17-6-11-3-4-20-9-11/h1-2,5,11,13,16-19H,3-4,6-10H2. The quantitative estimate of drug-likeness (QED) is 0.748. The maximum absolute atomic E-state index is 5.48. The minimum atomic E-state index is 0.293. The lowest BCUT2D eigenvalue weighted by atomic mass is 9.94. The number of ether oxygens (including phenoxy) is 3. The second-order valence-corrected chi connectivity index (χ2v) is 6.26. The van der Waals surface area contributed by atoms with Crippen LogP contribution in [0.3, 0.4) is 0 Å². The number of fused-ring (bicyclic) bond motifs is 1. The molecule has 1 aromatic carbocycles. The molecule has 3 atom stereocenters. The summed E-state index contributed by atoms with van der Waals surface area (Å²) in [6, 6.07) is 6.50. The van der Waals surface area contributed by atoms with Gasteiger partial charge in [0, 0.05) is 32.2 Å². The summed E-state index contributed by atoms with van der Waals surface area (Å²) in [6.07, 6.45) is 1.18. The highest BCUT2D eigenvalue weighted by Crippen LogP contribution is 2.36. The van der Waals surface area contributed by atoms with E-state index in [1.54, 1.807) is 0 Å². The molecular weight excluding hydrogens is 282 g/mol. The van der Waals surface area contributed by atoms with Crippen molar-refractivity contribution < 1.29 is 14.2 Å². The summed E-state index contributed by atoms with van der Waals surface area (Å²) >= 11 is 0. The number of hydrazine groups is 1. The number of hydrogen-bond acceptors (Lipinski definition) is 6. The molecule has 3 aliphatic heterocycles. The van der Waals surface area contributed by atoms with E-state index in [4.69, 9.17) is 14.2 Å². The van der Waals surface area contributed by atoms with Gasteiger partial charge in [0.05, 0.1) is 12.6 Å². The Balaban J connectivity index is 1.36. The number of nitrogens with one attached hydrogen (secondary N) is 3. The molecule has 22 heavy (non-hydrogen) atoms. The van der Waals surface area contributed by atoms with Crippen LogP contribution in [-0.4, -0.2) is 39.6 Å². The maximum Gasteiger partial charge on any atom is 0.231 e. The van der Waals surface area contributed by atoms with Crippen molar-refractivity contribution in [3.8, 4) is 11.5 Å². The van der Waals surface area contributed by atoms with E-state index in [1.165, 1.54) is 12.0 Å². The van der Waals surface area contributed by atoms with E-state index in [0.29, 0.717) is 24.7 Å². The van der Waals surface area contributed by atoms with Gasteiger partial charge in [-0.25, -0.2) is 5.43 Å². The van der Waals surface area contributed by atoms with Crippen molar-refractivity contribution >= 4 is 0 Å². The highest BCUT2D eigenvalue weighted by molar-refractivity contribution is 5.45. The van der Waals surface area contributed by atoms with E-state index in [0.717, 1.165) is 44.3 Å². The van der Waals surface area contributed by atoms with Gasteiger partial charge in [-0.05, 0) is 30.0 Å². The molecule has 3 aliphatic rings. The van der Waals surface area contributed by atoms with Crippen molar-refractivity contribution in [3.63, 3.8) is 0 Å². The maximum atomic E-state index is 5.48. The fraction of sp³-hybridized carbons (Fsp3) is 0.625.